The third kappa shape index (κ3) is 4.35. The van der Waals surface area contributed by atoms with Crippen molar-refractivity contribution in [2.24, 2.45) is 0 Å². The summed E-state index contributed by atoms with van der Waals surface area (Å²) in [5, 5.41) is 12.7. The Labute approximate surface area is 212 Å². The number of pyridine rings is 1. The van der Waals surface area contributed by atoms with Crippen LogP contribution in [0.1, 0.15) is 36.0 Å². The van der Waals surface area contributed by atoms with Gasteiger partial charge in [0.15, 0.2) is 17.4 Å². The van der Waals surface area contributed by atoms with E-state index in [-0.39, 0.29) is 39.1 Å². The fourth-order valence-electron chi connectivity index (χ4n) is 4.57. The molecule has 1 aliphatic rings. The van der Waals surface area contributed by atoms with Crippen molar-refractivity contribution >= 4 is 10.9 Å². The van der Waals surface area contributed by atoms with Crippen LogP contribution in [0.15, 0.2) is 47.4 Å². The number of benzene rings is 2. The summed E-state index contributed by atoms with van der Waals surface area (Å²) in [5.41, 5.74) is -1.37. The van der Waals surface area contributed by atoms with Crippen LogP contribution in [0, 0.1) is 23.0 Å². The molecule has 38 heavy (non-hydrogen) atoms. The van der Waals surface area contributed by atoms with E-state index in [0.29, 0.717) is 13.0 Å². The maximum absolute atomic E-state index is 14.6. The molecular formula is C26H18F5N5O2. The molecule has 1 unspecified atom stereocenters. The second-order valence-electron chi connectivity index (χ2n) is 8.66. The molecule has 1 atom stereocenters. The summed E-state index contributed by atoms with van der Waals surface area (Å²) in [6, 6.07) is 8.04. The van der Waals surface area contributed by atoms with Gasteiger partial charge in [-0.15, -0.1) is 0 Å². The molecule has 0 aliphatic carbocycles. The predicted octanol–water partition coefficient (Wildman–Crippen LogP) is 5.05. The largest absolute Gasteiger partial charge is 0.491 e. The zero-order valence-corrected chi connectivity index (χ0v) is 19.7. The van der Waals surface area contributed by atoms with Crippen molar-refractivity contribution < 1.29 is 26.7 Å². The topological polar surface area (TPSA) is 92.8 Å². The molecule has 7 nitrogen and oxygen atoms in total. The molecule has 2 aromatic carbocycles. The van der Waals surface area contributed by atoms with Crippen LogP contribution in [-0.2, 0) is 6.18 Å². The fourth-order valence-corrected chi connectivity index (χ4v) is 4.57. The number of nitrogens with one attached hydrogen (secondary N) is 1. The smallest absolute Gasteiger partial charge is 0.433 e. The van der Waals surface area contributed by atoms with Gasteiger partial charge in [0.05, 0.1) is 41.4 Å². The van der Waals surface area contributed by atoms with Gasteiger partial charge in [-0.25, -0.2) is 13.8 Å². The Morgan fingerprint density at radius 2 is 1.89 bits per heavy atom. The van der Waals surface area contributed by atoms with E-state index in [1.165, 1.54) is 18.2 Å². The molecule has 3 heterocycles. The average molecular weight is 527 g/mol. The molecule has 0 radical (unpaired) electrons. The lowest BCUT2D eigenvalue weighted by Crippen LogP contribution is -2.29. The van der Waals surface area contributed by atoms with Crippen LogP contribution in [0.25, 0.3) is 27.7 Å². The first-order valence-corrected chi connectivity index (χ1v) is 11.4. The summed E-state index contributed by atoms with van der Waals surface area (Å²) in [6.45, 7) is 0.618. The Morgan fingerprint density at radius 1 is 1.16 bits per heavy atom. The third-order valence-electron chi connectivity index (χ3n) is 6.31. The number of fused-ring (bicyclic) bond motifs is 1. The standard InChI is InChI=1S/C26H18F5N5O2/c1-38-23-18(27)9-15(10-19(23)28)36-24(20-3-2-6-33-20)35-22-16(7-13(11-32)8-17(22)25(36)37)14-4-5-21(34-12-14)26(29,30)31/h4-5,7-10,12,20,33H,2-3,6H2,1H3. The van der Waals surface area contributed by atoms with Crippen LogP contribution in [0.5, 0.6) is 5.75 Å². The number of alkyl halides is 3. The van der Waals surface area contributed by atoms with E-state index in [1.54, 1.807) is 0 Å². The van der Waals surface area contributed by atoms with Gasteiger partial charge in [-0.2, -0.15) is 18.4 Å². The Morgan fingerprint density at radius 3 is 2.45 bits per heavy atom. The number of methoxy groups -OCH3 is 1. The Bertz CT molecular complexity index is 1630. The van der Waals surface area contributed by atoms with E-state index in [4.69, 9.17) is 4.74 Å². The van der Waals surface area contributed by atoms with E-state index < -0.39 is 40.9 Å². The van der Waals surface area contributed by atoms with Gasteiger partial charge in [-0.1, -0.05) is 6.07 Å². The molecular weight excluding hydrogens is 509 g/mol. The summed E-state index contributed by atoms with van der Waals surface area (Å²) in [6.07, 6.45) is -2.32. The van der Waals surface area contributed by atoms with Crippen molar-refractivity contribution in [2.45, 2.75) is 25.1 Å². The highest BCUT2D eigenvalue weighted by atomic mass is 19.4. The predicted molar refractivity (Wildman–Crippen MR) is 127 cm³/mol. The number of hydrogen-bond donors (Lipinski definition) is 1. The number of rotatable bonds is 4. The van der Waals surface area contributed by atoms with Gasteiger partial charge in [-0.3, -0.25) is 14.3 Å². The van der Waals surface area contributed by atoms with Crippen molar-refractivity contribution in [1.82, 2.24) is 19.9 Å². The SMILES string of the molecule is COc1c(F)cc(-n2c(C3CCCN3)nc3c(-c4ccc(C(F)(F)F)nc4)cc(C#N)cc3c2=O)cc1F. The Kier molecular flexibility index (Phi) is 6.32. The lowest BCUT2D eigenvalue weighted by Gasteiger charge is -2.20. The molecule has 0 saturated carbocycles. The van der Waals surface area contributed by atoms with E-state index in [2.05, 4.69) is 15.3 Å². The summed E-state index contributed by atoms with van der Waals surface area (Å²) < 4.78 is 74.2. The number of halogens is 5. The Balaban J connectivity index is 1.82. The molecule has 12 heteroatoms. The van der Waals surface area contributed by atoms with Crippen molar-refractivity contribution in [2.75, 3.05) is 13.7 Å². The number of aromatic nitrogens is 3. The molecule has 194 valence electrons. The monoisotopic (exact) mass is 527 g/mol. The fraction of sp³-hybridized carbons (Fsp3) is 0.231. The van der Waals surface area contributed by atoms with Gasteiger partial charge >= 0.3 is 6.18 Å². The third-order valence-corrected chi connectivity index (χ3v) is 6.31. The van der Waals surface area contributed by atoms with E-state index >= 15 is 0 Å². The first-order valence-electron chi connectivity index (χ1n) is 11.4. The molecule has 5 rings (SSSR count). The minimum absolute atomic E-state index is 0.0386. The summed E-state index contributed by atoms with van der Waals surface area (Å²) in [5.74, 6) is -2.50. The van der Waals surface area contributed by atoms with Gasteiger partial charge in [0.25, 0.3) is 5.56 Å². The van der Waals surface area contributed by atoms with Gasteiger partial charge in [0.1, 0.15) is 11.5 Å². The molecule has 0 amide bonds. The minimum atomic E-state index is -4.65. The van der Waals surface area contributed by atoms with E-state index in [1.807, 2.05) is 6.07 Å². The van der Waals surface area contributed by atoms with Crippen LogP contribution in [0.4, 0.5) is 22.0 Å². The highest BCUT2D eigenvalue weighted by Gasteiger charge is 2.32. The van der Waals surface area contributed by atoms with Crippen LogP contribution >= 0.6 is 0 Å². The molecule has 0 bridgehead atoms. The highest BCUT2D eigenvalue weighted by Crippen LogP contribution is 2.34. The summed E-state index contributed by atoms with van der Waals surface area (Å²) >= 11 is 0. The highest BCUT2D eigenvalue weighted by molar-refractivity contribution is 5.94. The van der Waals surface area contributed by atoms with Gasteiger partial charge < -0.3 is 10.1 Å². The second-order valence-corrected chi connectivity index (χ2v) is 8.66. The van der Waals surface area contributed by atoms with E-state index in [0.717, 1.165) is 42.5 Å². The number of nitrogens with zero attached hydrogens (tertiary/aromatic N) is 4. The van der Waals surface area contributed by atoms with Gasteiger partial charge in [0, 0.05) is 29.5 Å². The normalized spacial score (nSPS) is 15.6. The zero-order chi connectivity index (χ0) is 27.2. The number of nitriles is 1. The minimum Gasteiger partial charge on any atom is -0.491 e. The van der Waals surface area contributed by atoms with Crippen molar-refractivity contribution in [1.29, 1.82) is 5.26 Å². The molecule has 0 spiro atoms. The molecule has 1 fully saturated rings. The lowest BCUT2D eigenvalue weighted by atomic mass is 10.00. The first kappa shape index (κ1) is 25.3. The van der Waals surface area contributed by atoms with Crippen LogP contribution in [0.3, 0.4) is 0 Å². The van der Waals surface area contributed by atoms with E-state index in [9.17, 15) is 32.0 Å². The lowest BCUT2D eigenvalue weighted by molar-refractivity contribution is -0.141. The van der Waals surface area contributed by atoms with Gasteiger partial charge in [-0.05, 0) is 37.6 Å². The molecule has 1 N–H and O–H groups in total. The average Bonchev–Trinajstić information content (AvgIpc) is 3.42. The molecule has 4 aromatic rings. The molecule has 1 saturated heterocycles. The number of ether oxygens (including phenoxy) is 1. The van der Waals surface area contributed by atoms with Crippen molar-refractivity contribution in [3.05, 3.63) is 81.7 Å². The second kappa shape index (κ2) is 9.50. The van der Waals surface area contributed by atoms with Crippen molar-refractivity contribution in [3.63, 3.8) is 0 Å². The van der Waals surface area contributed by atoms with Crippen LogP contribution in [-0.4, -0.2) is 28.2 Å². The zero-order valence-electron chi connectivity index (χ0n) is 19.7. The molecule has 2 aromatic heterocycles. The Hall–Kier alpha value is -4.37. The first-order chi connectivity index (χ1) is 18.1. The quantitative estimate of drug-likeness (QED) is 0.374. The molecule has 1 aliphatic heterocycles. The van der Waals surface area contributed by atoms with Crippen LogP contribution in [0.2, 0.25) is 0 Å². The number of hydrogen-bond acceptors (Lipinski definition) is 6. The summed E-state index contributed by atoms with van der Waals surface area (Å²) in [7, 11) is 1.11. The van der Waals surface area contributed by atoms with Crippen molar-refractivity contribution in [3.8, 4) is 28.6 Å². The maximum Gasteiger partial charge on any atom is 0.433 e. The van der Waals surface area contributed by atoms with Gasteiger partial charge in [0.2, 0.25) is 0 Å². The maximum atomic E-state index is 14.6. The summed E-state index contributed by atoms with van der Waals surface area (Å²) in [4.78, 5) is 22.0. The van der Waals surface area contributed by atoms with Crippen LogP contribution < -0.4 is 15.6 Å².